The summed E-state index contributed by atoms with van der Waals surface area (Å²) in [7, 11) is -5.23. The highest BCUT2D eigenvalue weighted by Crippen LogP contribution is 2.26. The summed E-state index contributed by atoms with van der Waals surface area (Å²) in [6, 6.07) is 2.43. The van der Waals surface area contributed by atoms with E-state index in [2.05, 4.69) is 51.5 Å². The summed E-state index contributed by atoms with van der Waals surface area (Å²) in [5, 5.41) is 3.36. The normalized spacial score (nSPS) is 11.8. The number of rotatable bonds is 14. The van der Waals surface area contributed by atoms with Gasteiger partial charge in [-0.15, -0.1) is 0 Å². The lowest BCUT2D eigenvalue weighted by Crippen LogP contribution is -2.52. The van der Waals surface area contributed by atoms with E-state index < -0.39 is 25.2 Å². The predicted octanol–water partition coefficient (Wildman–Crippen LogP) is 4.05. The third kappa shape index (κ3) is 24.4. The van der Waals surface area contributed by atoms with Gasteiger partial charge in [-0.25, -0.2) is 0 Å². The molecule has 0 saturated heterocycles. The maximum Gasteiger partial charge on any atom is 0.311 e. The number of nitrogens with one attached hydrogen (secondary N) is 1. The fourth-order valence-electron chi connectivity index (χ4n) is 2.92. The van der Waals surface area contributed by atoms with Gasteiger partial charge in [0.05, 0.1) is 0 Å². The first-order valence-electron chi connectivity index (χ1n) is 10.2. The van der Waals surface area contributed by atoms with Gasteiger partial charge in [-0.1, -0.05) is 34.6 Å². The molecular weight excluding hydrogens is 400 g/mol. The zero-order chi connectivity index (χ0) is 20.7. The van der Waals surface area contributed by atoms with Gasteiger partial charge in [0, 0.05) is 26.2 Å². The highest BCUT2D eigenvalue weighted by Gasteiger charge is 2.39. The summed E-state index contributed by atoms with van der Waals surface area (Å²) in [6.45, 7) is 19.9. The van der Waals surface area contributed by atoms with Gasteiger partial charge in [-0.3, -0.25) is 0 Å². The van der Waals surface area contributed by atoms with Crippen LogP contribution in [-0.2, 0) is 8.23 Å². The molecule has 0 fully saturated rings. The largest absolute Gasteiger partial charge is 0.437 e. The van der Waals surface area contributed by atoms with E-state index in [1.807, 2.05) is 0 Å². The van der Waals surface area contributed by atoms with Gasteiger partial charge >= 0.3 is 8.56 Å². The predicted molar refractivity (Wildman–Crippen MR) is 137 cm³/mol. The third-order valence-electron chi connectivity index (χ3n) is 3.80. The molecule has 0 radical (unpaired) electrons. The van der Waals surface area contributed by atoms with Gasteiger partial charge in [0.1, 0.15) is 0 Å². The molecule has 6 nitrogen and oxygen atoms in total. The number of hydrogen-bond donors (Lipinski definition) is 4. The maximum absolute atomic E-state index is 6.59. The monoisotopic (exact) mass is 456 g/mol. The summed E-state index contributed by atoms with van der Waals surface area (Å²) in [5.74, 6) is 0. The minimum absolute atomic E-state index is 0. The van der Waals surface area contributed by atoms with Crippen LogP contribution in [0.25, 0.3) is 0 Å². The molecule has 0 spiro atoms. The van der Waals surface area contributed by atoms with E-state index in [0.717, 1.165) is 13.1 Å². The van der Waals surface area contributed by atoms with Crippen molar-refractivity contribution in [1.82, 2.24) is 5.32 Å². The Morgan fingerprint density at radius 3 is 1.46 bits per heavy atom. The molecule has 176 valence electrons. The summed E-state index contributed by atoms with van der Waals surface area (Å²) < 4.78 is 13.2. The van der Waals surface area contributed by atoms with Crippen LogP contribution in [-0.4, -0.2) is 57.9 Å². The molecule has 9 heteroatoms. The van der Waals surface area contributed by atoms with Gasteiger partial charge in [0.2, 0.25) is 0 Å². The Hall–Kier alpha value is 0.411. The van der Waals surface area contributed by atoms with Crippen LogP contribution < -0.4 is 22.5 Å². The van der Waals surface area contributed by atoms with Crippen molar-refractivity contribution in [3.8, 4) is 0 Å². The van der Waals surface area contributed by atoms with E-state index in [-0.39, 0.29) is 14.9 Å². The summed E-state index contributed by atoms with van der Waals surface area (Å²) in [5.41, 5.74) is 15.3. The van der Waals surface area contributed by atoms with Crippen molar-refractivity contribution in [2.45, 2.75) is 92.4 Å². The summed E-state index contributed by atoms with van der Waals surface area (Å²) >= 11 is 0. The minimum atomic E-state index is -2.02. The van der Waals surface area contributed by atoms with Crippen molar-refractivity contribution in [3.63, 3.8) is 0 Å². The lowest BCUT2D eigenvalue weighted by Gasteiger charge is -2.38. The van der Waals surface area contributed by atoms with E-state index in [9.17, 15) is 0 Å². The van der Waals surface area contributed by atoms with Crippen molar-refractivity contribution in [2.75, 3.05) is 32.7 Å². The number of nitrogens with two attached hydrogens (primary N) is 3. The second-order valence-electron chi connectivity index (χ2n) is 8.45. The molecular formula is C19H56N4O2Si3. The Morgan fingerprint density at radius 1 is 0.679 bits per heavy atom. The average Bonchev–Trinajstić information content (AvgIpc) is 2.50. The number of hydrogen-bond acceptors (Lipinski definition) is 6. The van der Waals surface area contributed by atoms with E-state index in [1.165, 1.54) is 31.4 Å². The molecule has 0 unspecified atom stereocenters. The summed E-state index contributed by atoms with van der Waals surface area (Å²) in [4.78, 5) is 0. The van der Waals surface area contributed by atoms with E-state index in [1.54, 1.807) is 0 Å². The molecule has 7 N–H and O–H groups in total. The van der Waals surface area contributed by atoms with E-state index >= 15 is 0 Å². The van der Waals surface area contributed by atoms with Gasteiger partial charge in [-0.05, 0) is 64.3 Å². The van der Waals surface area contributed by atoms with Crippen LogP contribution in [0.15, 0.2) is 0 Å². The van der Waals surface area contributed by atoms with Crippen LogP contribution in [0.1, 0.15) is 41.0 Å². The van der Waals surface area contributed by atoms with Gasteiger partial charge < -0.3 is 30.7 Å². The second-order valence-corrected chi connectivity index (χ2v) is 20.9. The standard InChI is InChI=1S/C15H40N2O2Si3.C2H8N2.2CH4/c1-8-9-14-20(2,3)18-22(6,7)19-21(4,5)15-10-12-17-13-11-16;3-1-2-4;;/h17H,8-16H2,1-7H3;1-4H2;2*1H4. The zero-order valence-corrected chi connectivity index (χ0v) is 21.6. The Balaban J connectivity index is -0.000000435. The first kappa shape index (κ1) is 35.8. The zero-order valence-electron chi connectivity index (χ0n) is 18.6. The van der Waals surface area contributed by atoms with Crippen LogP contribution in [0.2, 0.25) is 51.4 Å². The Morgan fingerprint density at radius 2 is 1.11 bits per heavy atom. The summed E-state index contributed by atoms with van der Waals surface area (Å²) in [6.07, 6.45) is 3.69. The van der Waals surface area contributed by atoms with Crippen LogP contribution in [0, 0.1) is 0 Å². The fraction of sp³-hybridized carbons (Fsp3) is 1.00. The minimum Gasteiger partial charge on any atom is -0.437 e. The van der Waals surface area contributed by atoms with Crippen LogP contribution >= 0.6 is 0 Å². The van der Waals surface area contributed by atoms with Crippen LogP contribution in [0.3, 0.4) is 0 Å². The lowest BCUT2D eigenvalue weighted by molar-refractivity contribution is 0.386. The van der Waals surface area contributed by atoms with Gasteiger partial charge in [0.25, 0.3) is 0 Å². The molecule has 0 rings (SSSR count). The SMILES string of the molecule is C.C.CCCC[Si](C)(C)O[Si](C)(C)O[Si](C)(C)CCCNCCN.NCCN. The Labute approximate surface area is 181 Å². The van der Waals surface area contributed by atoms with Gasteiger partial charge in [-0.2, -0.15) is 0 Å². The molecule has 0 amide bonds. The average molecular weight is 457 g/mol. The number of unbranched alkanes of at least 4 members (excludes halogenated alkanes) is 1. The van der Waals surface area contributed by atoms with E-state index in [4.69, 9.17) is 25.4 Å². The van der Waals surface area contributed by atoms with Gasteiger partial charge in [0.15, 0.2) is 16.6 Å². The van der Waals surface area contributed by atoms with Crippen molar-refractivity contribution >= 4 is 25.2 Å². The highest BCUT2D eigenvalue weighted by molar-refractivity contribution is 6.87. The van der Waals surface area contributed by atoms with Crippen molar-refractivity contribution in [2.24, 2.45) is 17.2 Å². The molecule has 0 bridgehead atoms. The molecule has 0 aliphatic rings. The first-order valence-corrected chi connectivity index (χ1v) is 19.2. The molecule has 0 aromatic heterocycles. The quantitative estimate of drug-likeness (QED) is 0.232. The molecule has 0 heterocycles. The molecule has 0 aliphatic heterocycles. The fourth-order valence-corrected chi connectivity index (χ4v) is 17.2. The molecule has 0 aliphatic carbocycles. The van der Waals surface area contributed by atoms with E-state index in [0.29, 0.717) is 19.6 Å². The molecule has 0 aromatic carbocycles. The molecule has 28 heavy (non-hydrogen) atoms. The smallest absolute Gasteiger partial charge is 0.311 e. The van der Waals surface area contributed by atoms with Crippen LogP contribution in [0.4, 0.5) is 0 Å². The lowest BCUT2D eigenvalue weighted by atomic mass is 10.4. The molecule has 0 aromatic rings. The topological polar surface area (TPSA) is 109 Å². The highest BCUT2D eigenvalue weighted by atomic mass is 28.5. The van der Waals surface area contributed by atoms with Crippen molar-refractivity contribution < 1.29 is 8.23 Å². The Kier molecular flexibility index (Phi) is 24.8. The third-order valence-corrected chi connectivity index (χ3v) is 15.3. The molecule has 0 saturated carbocycles. The first-order chi connectivity index (χ1) is 11.9. The van der Waals surface area contributed by atoms with Crippen LogP contribution in [0.5, 0.6) is 0 Å². The van der Waals surface area contributed by atoms with Crippen molar-refractivity contribution in [3.05, 3.63) is 0 Å². The van der Waals surface area contributed by atoms with Crippen molar-refractivity contribution in [1.29, 1.82) is 0 Å². The maximum atomic E-state index is 6.59. The Bertz CT molecular complexity index is 332. The molecule has 0 atom stereocenters. The second kappa shape index (κ2) is 19.4.